The van der Waals surface area contributed by atoms with Crippen LogP contribution in [0.25, 0.3) is 0 Å². The van der Waals surface area contributed by atoms with E-state index in [0.717, 1.165) is 5.56 Å². The molecule has 3 amide bonds. The van der Waals surface area contributed by atoms with Crippen LogP contribution in [-0.2, 0) is 20.9 Å². The van der Waals surface area contributed by atoms with Crippen molar-refractivity contribution in [1.82, 2.24) is 15.4 Å². The van der Waals surface area contributed by atoms with E-state index in [2.05, 4.69) is 15.8 Å². The van der Waals surface area contributed by atoms with Crippen molar-refractivity contribution in [2.24, 2.45) is 0 Å². The highest BCUT2D eigenvalue weighted by molar-refractivity contribution is 5.96. The van der Waals surface area contributed by atoms with E-state index in [1.54, 1.807) is 17.9 Å². The van der Waals surface area contributed by atoms with E-state index >= 15 is 0 Å². The normalized spacial score (nSPS) is 16.6. The topological polar surface area (TPSA) is 105 Å². The van der Waals surface area contributed by atoms with Crippen LogP contribution in [0.1, 0.15) is 24.2 Å². The quantitative estimate of drug-likeness (QED) is 0.810. The van der Waals surface area contributed by atoms with Gasteiger partial charge in [-0.3, -0.25) is 14.4 Å². The molecule has 0 aliphatic carbocycles. The van der Waals surface area contributed by atoms with Crippen LogP contribution in [0.3, 0.4) is 0 Å². The predicted molar refractivity (Wildman–Crippen MR) is 92.9 cm³/mol. The summed E-state index contributed by atoms with van der Waals surface area (Å²) in [6.07, 6.45) is 0.775. The van der Waals surface area contributed by atoms with Gasteiger partial charge in [-0.2, -0.15) is 0 Å². The third-order valence-corrected chi connectivity index (χ3v) is 4.15. The molecule has 2 aromatic rings. The molecule has 0 radical (unpaired) electrons. The molecular weight excluding hydrogens is 336 g/mol. The molecule has 8 heteroatoms. The van der Waals surface area contributed by atoms with E-state index in [4.69, 9.17) is 4.52 Å². The van der Waals surface area contributed by atoms with Crippen LogP contribution in [0.15, 0.2) is 40.9 Å². The van der Waals surface area contributed by atoms with Gasteiger partial charge < -0.3 is 20.1 Å². The Bertz CT molecular complexity index is 803. The minimum Gasteiger partial charge on any atom is -0.360 e. The highest BCUT2D eigenvalue weighted by atomic mass is 16.5. The first-order valence-electron chi connectivity index (χ1n) is 8.37. The molecule has 8 nitrogen and oxygen atoms in total. The van der Waals surface area contributed by atoms with Gasteiger partial charge in [0.1, 0.15) is 11.8 Å². The fraction of sp³-hybridized carbons (Fsp3) is 0.333. The largest absolute Gasteiger partial charge is 0.360 e. The second-order valence-electron chi connectivity index (χ2n) is 6.15. The van der Waals surface area contributed by atoms with Gasteiger partial charge in [-0.25, -0.2) is 0 Å². The molecule has 2 heterocycles. The molecule has 1 aliphatic heterocycles. The summed E-state index contributed by atoms with van der Waals surface area (Å²) in [5.41, 5.74) is 0.958. The number of nitrogens with one attached hydrogen (secondary N) is 2. The molecule has 1 atom stereocenters. The molecule has 1 saturated heterocycles. The zero-order chi connectivity index (χ0) is 18.5. The number of rotatable bonds is 6. The van der Waals surface area contributed by atoms with Crippen molar-refractivity contribution in [3.8, 4) is 0 Å². The average molecular weight is 356 g/mol. The number of benzene rings is 1. The molecule has 1 aliphatic rings. The number of likely N-dealkylation sites (tertiary alicyclic amines) is 1. The molecule has 0 saturated carbocycles. The second kappa shape index (κ2) is 7.81. The zero-order valence-corrected chi connectivity index (χ0v) is 14.4. The second-order valence-corrected chi connectivity index (χ2v) is 6.15. The van der Waals surface area contributed by atoms with E-state index < -0.39 is 11.9 Å². The molecule has 1 unspecified atom stereocenters. The lowest BCUT2D eigenvalue weighted by molar-refractivity contribution is -0.136. The highest BCUT2D eigenvalue weighted by Crippen LogP contribution is 2.21. The van der Waals surface area contributed by atoms with Gasteiger partial charge in [0, 0.05) is 19.0 Å². The zero-order valence-electron chi connectivity index (χ0n) is 14.4. The third kappa shape index (κ3) is 4.27. The minimum absolute atomic E-state index is 0.0588. The lowest BCUT2D eigenvalue weighted by Crippen LogP contribution is -2.46. The summed E-state index contributed by atoms with van der Waals surface area (Å²) in [5.74, 6) is 0.0641. The maximum Gasteiger partial charge on any atom is 0.245 e. The van der Waals surface area contributed by atoms with Gasteiger partial charge in [0.25, 0.3) is 0 Å². The van der Waals surface area contributed by atoms with Crippen molar-refractivity contribution in [1.29, 1.82) is 0 Å². The Balaban J connectivity index is 1.54. The molecule has 1 aromatic carbocycles. The number of aromatic nitrogens is 1. The van der Waals surface area contributed by atoms with E-state index in [-0.39, 0.29) is 18.4 Å². The number of nitrogens with zero attached hydrogens (tertiary/aromatic N) is 2. The monoisotopic (exact) mass is 356 g/mol. The number of aryl methyl sites for hydroxylation is 1. The number of hydrogen-bond donors (Lipinski definition) is 2. The maximum absolute atomic E-state index is 12.4. The average Bonchev–Trinajstić information content (AvgIpc) is 3.20. The summed E-state index contributed by atoms with van der Waals surface area (Å²) in [7, 11) is 0. The van der Waals surface area contributed by atoms with E-state index in [1.807, 2.05) is 30.3 Å². The first-order chi connectivity index (χ1) is 12.5. The number of carbonyl (C=O) groups is 3. The maximum atomic E-state index is 12.4. The van der Waals surface area contributed by atoms with Crippen molar-refractivity contribution in [2.75, 3.05) is 11.9 Å². The van der Waals surface area contributed by atoms with Gasteiger partial charge >= 0.3 is 0 Å². The molecule has 3 rings (SSSR count). The van der Waals surface area contributed by atoms with Crippen LogP contribution >= 0.6 is 0 Å². The van der Waals surface area contributed by atoms with E-state index in [1.165, 1.54) is 0 Å². The fourth-order valence-electron chi connectivity index (χ4n) is 2.88. The Morgan fingerprint density at radius 1 is 1.31 bits per heavy atom. The lowest BCUT2D eigenvalue weighted by atomic mass is 10.1. The van der Waals surface area contributed by atoms with Gasteiger partial charge in [-0.1, -0.05) is 35.5 Å². The van der Waals surface area contributed by atoms with Crippen molar-refractivity contribution in [3.05, 3.63) is 47.7 Å². The summed E-state index contributed by atoms with van der Waals surface area (Å²) in [4.78, 5) is 38.0. The van der Waals surface area contributed by atoms with Gasteiger partial charge in [0.2, 0.25) is 17.7 Å². The van der Waals surface area contributed by atoms with Gasteiger partial charge in [0.15, 0.2) is 5.82 Å². The smallest absolute Gasteiger partial charge is 0.245 e. The number of hydrogen-bond acceptors (Lipinski definition) is 5. The lowest BCUT2D eigenvalue weighted by Gasteiger charge is -2.24. The number of carbonyl (C=O) groups excluding carboxylic acids is 3. The van der Waals surface area contributed by atoms with E-state index in [0.29, 0.717) is 31.0 Å². The molecule has 26 heavy (non-hydrogen) atoms. The molecular formula is C18H20N4O4. The highest BCUT2D eigenvalue weighted by Gasteiger charge is 2.35. The Labute approximate surface area is 150 Å². The number of anilines is 1. The summed E-state index contributed by atoms with van der Waals surface area (Å²) >= 11 is 0. The fourth-order valence-corrected chi connectivity index (χ4v) is 2.88. The van der Waals surface area contributed by atoms with Crippen molar-refractivity contribution >= 4 is 23.5 Å². The van der Waals surface area contributed by atoms with Gasteiger partial charge in [-0.05, 0) is 18.9 Å². The molecule has 1 aromatic heterocycles. The third-order valence-electron chi connectivity index (χ3n) is 4.15. The van der Waals surface area contributed by atoms with Crippen molar-refractivity contribution in [2.45, 2.75) is 32.4 Å². The minimum atomic E-state index is -0.565. The van der Waals surface area contributed by atoms with Crippen LogP contribution < -0.4 is 10.6 Å². The predicted octanol–water partition coefficient (Wildman–Crippen LogP) is 1.23. The molecule has 0 spiro atoms. The van der Waals surface area contributed by atoms with Crippen LogP contribution in [0.5, 0.6) is 0 Å². The molecule has 136 valence electrons. The molecule has 2 N–H and O–H groups in total. The summed E-state index contributed by atoms with van der Waals surface area (Å²) in [6, 6.07) is 10.5. The van der Waals surface area contributed by atoms with Crippen molar-refractivity contribution in [3.63, 3.8) is 0 Å². The molecule has 1 fully saturated rings. The first-order valence-corrected chi connectivity index (χ1v) is 8.37. The van der Waals surface area contributed by atoms with Crippen LogP contribution in [-0.4, -0.2) is 40.4 Å². The van der Waals surface area contributed by atoms with Crippen LogP contribution in [0, 0.1) is 6.92 Å². The van der Waals surface area contributed by atoms with Crippen LogP contribution in [0.2, 0.25) is 0 Å². The van der Waals surface area contributed by atoms with Crippen molar-refractivity contribution < 1.29 is 18.9 Å². The number of amides is 3. The first kappa shape index (κ1) is 17.7. The van der Waals surface area contributed by atoms with Crippen LogP contribution in [0.4, 0.5) is 5.82 Å². The summed E-state index contributed by atoms with van der Waals surface area (Å²) < 4.78 is 4.86. The standard InChI is InChI=1S/C18H20N4O4/c1-12-9-15(21-26-12)20-16(23)10-19-18(25)14-7-8-17(24)22(14)11-13-5-3-2-4-6-13/h2-6,9,14H,7-8,10-11H2,1H3,(H,19,25)(H,20,21,23). The Morgan fingerprint density at radius 2 is 2.08 bits per heavy atom. The Morgan fingerprint density at radius 3 is 2.77 bits per heavy atom. The van der Waals surface area contributed by atoms with Gasteiger partial charge in [-0.15, -0.1) is 0 Å². The summed E-state index contributed by atoms with van der Waals surface area (Å²) in [6.45, 7) is 1.89. The molecule has 0 bridgehead atoms. The summed E-state index contributed by atoms with van der Waals surface area (Å²) in [5, 5.41) is 8.77. The Kier molecular flexibility index (Phi) is 5.31. The van der Waals surface area contributed by atoms with E-state index in [9.17, 15) is 14.4 Å². The van der Waals surface area contributed by atoms with Gasteiger partial charge in [0.05, 0.1) is 6.54 Å². The SMILES string of the molecule is Cc1cc(NC(=O)CNC(=O)C2CCC(=O)N2Cc2ccccc2)no1. The Hall–Kier alpha value is -3.16.